The Balaban J connectivity index is 2.34. The summed E-state index contributed by atoms with van der Waals surface area (Å²) in [5.41, 5.74) is 0. The molecule has 3 unspecified atom stereocenters. The number of hydrogen-bond acceptors (Lipinski definition) is 3. The number of carbonyl (C=O) groups excluding carboxylic acids is 2. The van der Waals surface area contributed by atoms with E-state index in [2.05, 4.69) is 0 Å². The van der Waals surface area contributed by atoms with Crippen LogP contribution in [0.3, 0.4) is 0 Å². The Labute approximate surface area is 82.4 Å². The summed E-state index contributed by atoms with van der Waals surface area (Å²) < 4.78 is 4.87. The van der Waals surface area contributed by atoms with Crippen molar-refractivity contribution in [1.29, 1.82) is 0 Å². The van der Waals surface area contributed by atoms with Gasteiger partial charge < -0.3 is 4.74 Å². The number of Topliss-reactive ketones (excluding diaryl/α,β-unsaturated/α-hetero) is 1. The predicted octanol–water partition coefficient (Wildman–Crippen LogP) is 1.38. The molecule has 0 aromatic rings. The smallest absolute Gasteiger partial charge is 0.224 e. The lowest BCUT2D eigenvalue weighted by Gasteiger charge is -2.11. The van der Waals surface area contributed by atoms with Gasteiger partial charge in [0.15, 0.2) is 5.78 Å². The van der Waals surface area contributed by atoms with Crippen LogP contribution in [0.2, 0.25) is 0 Å². The third-order valence-electron chi connectivity index (χ3n) is 2.23. The molecule has 1 saturated heterocycles. The summed E-state index contributed by atoms with van der Waals surface area (Å²) >= 11 is 5.29. The molecule has 0 radical (unpaired) electrons. The van der Waals surface area contributed by atoms with Crippen LogP contribution in [0.4, 0.5) is 0 Å². The van der Waals surface area contributed by atoms with E-state index in [1.165, 1.54) is 0 Å². The van der Waals surface area contributed by atoms with Crippen LogP contribution in [0.25, 0.3) is 0 Å². The number of carbonyl (C=O) groups is 2. The first-order chi connectivity index (χ1) is 6.02. The molecule has 1 aliphatic rings. The highest BCUT2D eigenvalue weighted by atomic mass is 35.5. The maximum atomic E-state index is 11.4. The summed E-state index contributed by atoms with van der Waals surface area (Å²) in [4.78, 5) is 22.1. The van der Waals surface area contributed by atoms with Crippen molar-refractivity contribution in [1.82, 2.24) is 0 Å². The monoisotopic (exact) mass is 204 g/mol. The van der Waals surface area contributed by atoms with Crippen LogP contribution in [0.15, 0.2) is 0 Å². The molecular weight excluding hydrogens is 192 g/mol. The van der Waals surface area contributed by atoms with Gasteiger partial charge in [0.2, 0.25) is 5.24 Å². The normalized spacial score (nSPS) is 25.0. The number of ketones is 1. The van der Waals surface area contributed by atoms with Crippen molar-refractivity contribution < 1.29 is 14.3 Å². The Kier molecular flexibility index (Phi) is 3.45. The van der Waals surface area contributed by atoms with Crippen LogP contribution in [0.5, 0.6) is 0 Å². The number of rotatable bonds is 5. The van der Waals surface area contributed by atoms with Gasteiger partial charge >= 0.3 is 0 Å². The van der Waals surface area contributed by atoms with E-state index >= 15 is 0 Å². The van der Waals surface area contributed by atoms with Crippen molar-refractivity contribution in [3.8, 4) is 0 Å². The maximum Gasteiger partial charge on any atom is 0.224 e. The highest BCUT2D eigenvalue weighted by molar-refractivity contribution is 6.63. The second-order valence-corrected chi connectivity index (χ2v) is 3.94. The molecule has 74 valence electrons. The molecule has 3 nitrogen and oxygen atoms in total. The average Bonchev–Trinajstić information content (AvgIpc) is 2.85. The summed E-state index contributed by atoms with van der Waals surface area (Å²) in [6, 6.07) is 0. The van der Waals surface area contributed by atoms with Gasteiger partial charge in [-0.05, 0) is 18.0 Å². The van der Waals surface area contributed by atoms with Gasteiger partial charge in [-0.1, -0.05) is 13.8 Å². The molecule has 0 N–H and O–H groups in total. The Morgan fingerprint density at radius 1 is 1.46 bits per heavy atom. The van der Waals surface area contributed by atoms with Crippen LogP contribution in [-0.2, 0) is 14.3 Å². The molecule has 1 heterocycles. The van der Waals surface area contributed by atoms with E-state index in [1.54, 1.807) is 13.8 Å². The number of hydrogen-bond donors (Lipinski definition) is 0. The zero-order valence-corrected chi connectivity index (χ0v) is 8.50. The molecule has 0 saturated carbocycles. The van der Waals surface area contributed by atoms with Crippen LogP contribution >= 0.6 is 11.6 Å². The lowest BCUT2D eigenvalue weighted by molar-refractivity contribution is -0.124. The zero-order chi connectivity index (χ0) is 10.0. The molecule has 0 bridgehead atoms. The first-order valence-corrected chi connectivity index (χ1v) is 4.75. The Hall–Kier alpha value is -0.410. The second-order valence-electron chi connectivity index (χ2n) is 3.57. The summed E-state index contributed by atoms with van der Waals surface area (Å²) in [6.45, 7) is 4.07. The van der Waals surface area contributed by atoms with Gasteiger partial charge in [0.05, 0.1) is 6.61 Å². The Morgan fingerprint density at radius 3 is 2.38 bits per heavy atom. The van der Waals surface area contributed by atoms with E-state index in [0.29, 0.717) is 13.0 Å². The highest BCUT2D eigenvalue weighted by Crippen LogP contribution is 2.21. The van der Waals surface area contributed by atoms with Crippen LogP contribution in [0.1, 0.15) is 20.3 Å². The molecule has 3 atom stereocenters. The molecule has 1 rings (SSSR count). The van der Waals surface area contributed by atoms with Crippen molar-refractivity contribution in [2.45, 2.75) is 26.4 Å². The summed E-state index contributed by atoms with van der Waals surface area (Å²) in [5, 5.41) is -0.378. The lowest BCUT2D eigenvalue weighted by atomic mass is 9.93. The fraction of sp³-hybridized carbons (Fsp3) is 0.778. The molecule has 0 aromatic carbocycles. The molecular formula is C9H13ClO3. The van der Waals surface area contributed by atoms with Gasteiger partial charge in [-0.2, -0.15) is 0 Å². The van der Waals surface area contributed by atoms with E-state index in [4.69, 9.17) is 16.3 Å². The first kappa shape index (κ1) is 10.7. The molecule has 4 heteroatoms. The fourth-order valence-corrected chi connectivity index (χ4v) is 1.36. The third-order valence-corrected chi connectivity index (χ3v) is 2.60. The van der Waals surface area contributed by atoms with Gasteiger partial charge in [-0.25, -0.2) is 0 Å². The lowest BCUT2D eigenvalue weighted by Crippen LogP contribution is -2.21. The van der Waals surface area contributed by atoms with Crippen molar-refractivity contribution in [2.75, 3.05) is 6.61 Å². The van der Waals surface area contributed by atoms with E-state index < -0.39 is 0 Å². The van der Waals surface area contributed by atoms with E-state index in [0.717, 1.165) is 0 Å². The van der Waals surface area contributed by atoms with Crippen molar-refractivity contribution in [2.24, 2.45) is 11.8 Å². The molecule has 0 aromatic heterocycles. The number of ether oxygens (including phenoxy) is 1. The average molecular weight is 205 g/mol. The Bertz CT molecular complexity index is 223. The highest BCUT2D eigenvalue weighted by Gasteiger charge is 2.35. The van der Waals surface area contributed by atoms with Gasteiger partial charge in [-0.3, -0.25) is 9.59 Å². The largest absolute Gasteiger partial charge is 0.365 e. The molecule has 1 fully saturated rings. The van der Waals surface area contributed by atoms with Crippen LogP contribution in [-0.4, -0.2) is 23.7 Å². The topological polar surface area (TPSA) is 46.7 Å². The minimum atomic E-state index is -0.378. The van der Waals surface area contributed by atoms with E-state index in [-0.39, 0.29) is 29.0 Å². The van der Waals surface area contributed by atoms with Gasteiger partial charge in [-0.15, -0.1) is 0 Å². The molecule has 0 amide bonds. The van der Waals surface area contributed by atoms with Crippen LogP contribution < -0.4 is 0 Å². The minimum Gasteiger partial charge on any atom is -0.365 e. The van der Waals surface area contributed by atoms with Gasteiger partial charge in [0, 0.05) is 11.8 Å². The Morgan fingerprint density at radius 2 is 2.00 bits per heavy atom. The molecule has 1 aliphatic heterocycles. The second kappa shape index (κ2) is 4.20. The SMILES string of the molecule is CC(CC(C)C(=O)C1CO1)C(=O)Cl. The van der Waals surface area contributed by atoms with E-state index in [1.807, 2.05) is 0 Å². The summed E-state index contributed by atoms with van der Waals surface area (Å²) in [7, 11) is 0. The standard InChI is InChI=1S/C9H13ClO3/c1-5(3-6(2)9(10)12)8(11)7-4-13-7/h5-7H,3-4H2,1-2H3. The molecule has 0 spiro atoms. The van der Waals surface area contributed by atoms with Crippen molar-refractivity contribution in [3.05, 3.63) is 0 Å². The summed E-state index contributed by atoms with van der Waals surface area (Å²) in [5.74, 6) is -0.297. The van der Waals surface area contributed by atoms with Gasteiger partial charge in [0.1, 0.15) is 6.10 Å². The van der Waals surface area contributed by atoms with Crippen molar-refractivity contribution >= 4 is 22.6 Å². The van der Waals surface area contributed by atoms with Crippen LogP contribution in [0, 0.1) is 11.8 Å². The number of epoxide rings is 1. The predicted molar refractivity (Wildman–Crippen MR) is 48.6 cm³/mol. The minimum absolute atomic E-state index is 0.0877. The van der Waals surface area contributed by atoms with E-state index in [9.17, 15) is 9.59 Å². The van der Waals surface area contributed by atoms with Gasteiger partial charge in [0.25, 0.3) is 0 Å². The zero-order valence-electron chi connectivity index (χ0n) is 7.75. The maximum absolute atomic E-state index is 11.4. The first-order valence-electron chi connectivity index (χ1n) is 4.37. The summed E-state index contributed by atoms with van der Waals surface area (Å²) in [6.07, 6.45) is 0.300. The fourth-order valence-electron chi connectivity index (χ4n) is 1.27. The third kappa shape index (κ3) is 3.08. The quantitative estimate of drug-likeness (QED) is 0.502. The molecule has 0 aliphatic carbocycles. The molecule has 13 heavy (non-hydrogen) atoms. The van der Waals surface area contributed by atoms with Crippen molar-refractivity contribution in [3.63, 3.8) is 0 Å². The number of halogens is 1.